The van der Waals surface area contributed by atoms with Gasteiger partial charge in [-0.05, 0) is 37.5 Å². The van der Waals surface area contributed by atoms with Gasteiger partial charge in [-0.3, -0.25) is 4.99 Å². The van der Waals surface area contributed by atoms with Crippen molar-refractivity contribution in [1.29, 1.82) is 0 Å². The highest BCUT2D eigenvalue weighted by Crippen LogP contribution is 2.36. The van der Waals surface area contributed by atoms with Crippen LogP contribution < -0.4 is 5.32 Å². The Hall–Kier alpha value is -0.710. The molecular weight excluding hydrogens is 280 g/mol. The van der Waals surface area contributed by atoms with Gasteiger partial charge in [-0.25, -0.2) is 0 Å². The molecule has 0 radical (unpaired) electrons. The summed E-state index contributed by atoms with van der Waals surface area (Å²) in [4.78, 5) is 4.89. The Morgan fingerprint density at radius 2 is 2.16 bits per heavy atom. The molecule has 19 heavy (non-hydrogen) atoms. The van der Waals surface area contributed by atoms with Gasteiger partial charge in [0.2, 0.25) is 0 Å². The van der Waals surface area contributed by atoms with E-state index in [0.717, 1.165) is 47.7 Å². The third kappa shape index (κ3) is 2.91. The van der Waals surface area contributed by atoms with Gasteiger partial charge in [-0.15, -0.1) is 0 Å². The fraction of sp³-hybridized carbons (Fsp3) is 0.500. The summed E-state index contributed by atoms with van der Waals surface area (Å²) in [6, 6.07) is 5.88. The molecule has 5 heteroatoms. The molecule has 0 saturated carbocycles. The van der Waals surface area contributed by atoms with E-state index in [4.69, 9.17) is 21.3 Å². The zero-order valence-electron chi connectivity index (χ0n) is 10.9. The summed E-state index contributed by atoms with van der Waals surface area (Å²) < 4.78 is 5.43. The number of halogens is 1. The van der Waals surface area contributed by atoms with Gasteiger partial charge < -0.3 is 10.1 Å². The molecule has 2 aliphatic rings. The van der Waals surface area contributed by atoms with Crippen LogP contribution >= 0.6 is 23.4 Å². The topological polar surface area (TPSA) is 33.6 Å². The van der Waals surface area contributed by atoms with Crippen molar-refractivity contribution in [3.8, 4) is 0 Å². The van der Waals surface area contributed by atoms with Crippen molar-refractivity contribution in [2.75, 3.05) is 24.3 Å². The molecule has 3 rings (SSSR count). The van der Waals surface area contributed by atoms with Crippen LogP contribution in [0.25, 0.3) is 0 Å². The van der Waals surface area contributed by atoms with Crippen LogP contribution in [0, 0.1) is 6.92 Å². The third-order valence-electron chi connectivity index (χ3n) is 3.68. The van der Waals surface area contributed by atoms with Crippen LogP contribution in [0.4, 0.5) is 5.69 Å². The first-order chi connectivity index (χ1) is 9.17. The molecule has 0 bridgehead atoms. The number of hydrogen-bond acceptors (Lipinski definition) is 4. The van der Waals surface area contributed by atoms with E-state index in [2.05, 4.69) is 12.2 Å². The number of aliphatic imine (C=N–C) groups is 1. The van der Waals surface area contributed by atoms with Crippen molar-refractivity contribution >= 4 is 34.2 Å². The molecule has 2 aliphatic heterocycles. The molecule has 0 aliphatic carbocycles. The molecule has 0 amide bonds. The van der Waals surface area contributed by atoms with Gasteiger partial charge in [0.05, 0.1) is 5.54 Å². The smallest absolute Gasteiger partial charge is 0.161 e. The first-order valence-corrected chi connectivity index (χ1v) is 7.87. The van der Waals surface area contributed by atoms with E-state index in [1.807, 2.05) is 18.2 Å². The maximum absolute atomic E-state index is 6.04. The van der Waals surface area contributed by atoms with Gasteiger partial charge in [0.1, 0.15) is 0 Å². The molecule has 1 spiro atoms. The molecule has 1 aromatic carbocycles. The van der Waals surface area contributed by atoms with E-state index in [0.29, 0.717) is 0 Å². The van der Waals surface area contributed by atoms with Crippen LogP contribution in [0.2, 0.25) is 5.02 Å². The minimum absolute atomic E-state index is 0.0950. The molecular formula is C14H17ClN2OS. The Kier molecular flexibility index (Phi) is 3.74. The quantitative estimate of drug-likeness (QED) is 0.858. The average Bonchev–Trinajstić information content (AvgIpc) is 2.78. The second-order valence-electron chi connectivity index (χ2n) is 5.13. The van der Waals surface area contributed by atoms with Crippen molar-refractivity contribution in [3.05, 3.63) is 28.8 Å². The lowest BCUT2D eigenvalue weighted by Gasteiger charge is -2.29. The number of anilines is 1. The summed E-state index contributed by atoms with van der Waals surface area (Å²) in [6.45, 7) is 3.73. The standard InChI is InChI=1S/C14H17ClN2OS/c1-10-2-3-11(15)8-12(10)16-13-17-14(9-19-13)4-6-18-7-5-14/h2-3,8H,4-7,9H2,1H3,(H,16,17). The highest BCUT2D eigenvalue weighted by atomic mass is 35.5. The number of aryl methyl sites for hydroxylation is 1. The number of nitrogens with zero attached hydrogens (tertiary/aromatic N) is 1. The predicted octanol–water partition coefficient (Wildman–Crippen LogP) is 3.71. The lowest BCUT2D eigenvalue weighted by Crippen LogP contribution is -2.34. The summed E-state index contributed by atoms with van der Waals surface area (Å²) >= 11 is 7.84. The number of amidine groups is 1. The van der Waals surface area contributed by atoms with Gasteiger partial charge in [-0.1, -0.05) is 29.4 Å². The van der Waals surface area contributed by atoms with E-state index >= 15 is 0 Å². The van der Waals surface area contributed by atoms with Crippen molar-refractivity contribution in [2.24, 2.45) is 4.99 Å². The minimum Gasteiger partial charge on any atom is -0.381 e. The van der Waals surface area contributed by atoms with E-state index in [1.54, 1.807) is 11.8 Å². The largest absolute Gasteiger partial charge is 0.381 e. The number of hydrogen-bond donors (Lipinski definition) is 1. The number of thioether (sulfide) groups is 1. The van der Waals surface area contributed by atoms with Crippen LogP contribution in [0.1, 0.15) is 18.4 Å². The second kappa shape index (κ2) is 5.35. The zero-order chi connectivity index (χ0) is 13.3. The molecule has 3 nitrogen and oxygen atoms in total. The molecule has 1 fully saturated rings. The Morgan fingerprint density at radius 3 is 2.95 bits per heavy atom. The molecule has 0 atom stereocenters. The summed E-state index contributed by atoms with van der Waals surface area (Å²) in [5, 5.41) is 5.16. The predicted molar refractivity (Wildman–Crippen MR) is 82.5 cm³/mol. The van der Waals surface area contributed by atoms with Crippen LogP contribution in [-0.2, 0) is 4.74 Å². The monoisotopic (exact) mass is 296 g/mol. The summed E-state index contributed by atoms with van der Waals surface area (Å²) in [5.74, 6) is 1.05. The summed E-state index contributed by atoms with van der Waals surface area (Å²) in [5.41, 5.74) is 2.32. The Labute approximate surface area is 122 Å². The number of nitrogens with one attached hydrogen (secondary N) is 1. The Morgan fingerprint density at radius 1 is 1.37 bits per heavy atom. The van der Waals surface area contributed by atoms with E-state index < -0.39 is 0 Å². The van der Waals surface area contributed by atoms with Crippen molar-refractivity contribution in [2.45, 2.75) is 25.3 Å². The molecule has 2 heterocycles. The summed E-state index contributed by atoms with van der Waals surface area (Å²) in [7, 11) is 0. The third-order valence-corrected chi connectivity index (χ3v) is 5.06. The maximum atomic E-state index is 6.04. The normalized spacial score (nSPS) is 21.5. The number of benzene rings is 1. The van der Waals surface area contributed by atoms with Gasteiger partial charge in [-0.2, -0.15) is 0 Å². The zero-order valence-corrected chi connectivity index (χ0v) is 12.5. The van der Waals surface area contributed by atoms with Crippen LogP contribution in [0.5, 0.6) is 0 Å². The molecule has 102 valence electrons. The SMILES string of the molecule is Cc1ccc(Cl)cc1NC1=NC2(CCOCC2)CS1. The van der Waals surface area contributed by atoms with E-state index in [9.17, 15) is 0 Å². The van der Waals surface area contributed by atoms with Crippen LogP contribution in [0.3, 0.4) is 0 Å². The fourth-order valence-electron chi connectivity index (χ4n) is 2.40. The molecule has 0 aromatic heterocycles. The van der Waals surface area contributed by atoms with E-state index in [1.165, 1.54) is 5.56 Å². The number of rotatable bonds is 1. The van der Waals surface area contributed by atoms with Crippen molar-refractivity contribution in [3.63, 3.8) is 0 Å². The molecule has 0 unspecified atom stereocenters. The first-order valence-electron chi connectivity index (χ1n) is 6.51. The highest BCUT2D eigenvalue weighted by molar-refractivity contribution is 8.14. The Balaban J connectivity index is 1.77. The number of ether oxygens (including phenoxy) is 1. The van der Waals surface area contributed by atoms with E-state index in [-0.39, 0.29) is 5.54 Å². The van der Waals surface area contributed by atoms with Crippen molar-refractivity contribution < 1.29 is 4.74 Å². The second-order valence-corrected chi connectivity index (χ2v) is 6.53. The first kappa shape index (κ1) is 13.3. The summed E-state index contributed by atoms with van der Waals surface area (Å²) in [6.07, 6.45) is 2.05. The van der Waals surface area contributed by atoms with Crippen molar-refractivity contribution in [1.82, 2.24) is 0 Å². The Bertz CT molecular complexity index is 512. The van der Waals surface area contributed by atoms with Gasteiger partial charge in [0.15, 0.2) is 5.17 Å². The van der Waals surface area contributed by atoms with Crippen LogP contribution in [-0.4, -0.2) is 29.7 Å². The molecule has 1 N–H and O–H groups in total. The van der Waals surface area contributed by atoms with Gasteiger partial charge in [0.25, 0.3) is 0 Å². The van der Waals surface area contributed by atoms with Crippen LogP contribution in [0.15, 0.2) is 23.2 Å². The lowest BCUT2D eigenvalue weighted by atomic mass is 9.93. The molecule has 1 saturated heterocycles. The minimum atomic E-state index is 0.0950. The van der Waals surface area contributed by atoms with Gasteiger partial charge >= 0.3 is 0 Å². The average molecular weight is 297 g/mol. The maximum Gasteiger partial charge on any atom is 0.161 e. The van der Waals surface area contributed by atoms with Gasteiger partial charge in [0, 0.05) is 29.7 Å². The lowest BCUT2D eigenvalue weighted by molar-refractivity contribution is 0.0624. The molecule has 1 aromatic rings. The fourth-order valence-corrected chi connectivity index (χ4v) is 3.77. The highest BCUT2D eigenvalue weighted by Gasteiger charge is 2.37.